The average Bonchev–Trinajstić information content (AvgIpc) is 2.44. The van der Waals surface area contributed by atoms with Crippen molar-refractivity contribution in [2.24, 2.45) is 0 Å². The second-order valence-corrected chi connectivity index (χ2v) is 9.78. The van der Waals surface area contributed by atoms with Crippen molar-refractivity contribution in [1.29, 1.82) is 0 Å². The molecule has 0 aliphatic carbocycles. The summed E-state index contributed by atoms with van der Waals surface area (Å²) in [4.78, 5) is 0. The molecule has 0 aromatic carbocycles. The van der Waals surface area contributed by atoms with Crippen molar-refractivity contribution >= 4 is 30.6 Å². The summed E-state index contributed by atoms with van der Waals surface area (Å²) in [5.74, 6) is 1.10. The second-order valence-electron chi connectivity index (χ2n) is 4.22. The lowest BCUT2D eigenvalue weighted by Crippen LogP contribution is -2.42. The fraction of sp³-hybridized carbons (Fsp3) is 1.00. The quantitative estimate of drug-likeness (QED) is 0.222. The minimum Gasteiger partial charge on any atom is -0.377 e. The second kappa shape index (κ2) is 12.5. The summed E-state index contributed by atoms with van der Waals surface area (Å²) < 4.78 is 18.7. The van der Waals surface area contributed by atoms with Crippen molar-refractivity contribution in [3.05, 3.63) is 0 Å². The fourth-order valence-corrected chi connectivity index (χ4v) is 6.15. The molecule has 0 fully saturated rings. The maximum absolute atomic E-state index is 5.41. The Morgan fingerprint density at radius 2 is 1.47 bits per heavy atom. The molecule has 116 valence electrons. The van der Waals surface area contributed by atoms with Gasteiger partial charge in [0.05, 0.1) is 0 Å². The SMILES string of the molecule is CCCN(CCC)SSCCC[Si](OC)(OC)OC. The van der Waals surface area contributed by atoms with Crippen LogP contribution in [-0.4, -0.2) is 53.3 Å². The van der Waals surface area contributed by atoms with Crippen molar-refractivity contribution < 1.29 is 13.3 Å². The summed E-state index contributed by atoms with van der Waals surface area (Å²) in [5, 5.41) is 0. The predicted molar refractivity (Wildman–Crippen MR) is 88.4 cm³/mol. The van der Waals surface area contributed by atoms with Crippen LogP contribution in [-0.2, 0) is 13.3 Å². The van der Waals surface area contributed by atoms with E-state index in [0.717, 1.165) is 18.2 Å². The molecule has 0 aliphatic rings. The van der Waals surface area contributed by atoms with Gasteiger partial charge in [0.15, 0.2) is 0 Å². The Balaban J connectivity index is 3.78. The third-order valence-electron chi connectivity index (χ3n) is 2.75. The highest BCUT2D eigenvalue weighted by molar-refractivity contribution is 8.75. The van der Waals surface area contributed by atoms with Gasteiger partial charge in [0.1, 0.15) is 0 Å². The Morgan fingerprint density at radius 3 is 1.89 bits per heavy atom. The van der Waals surface area contributed by atoms with Crippen LogP contribution in [0.5, 0.6) is 0 Å². The molecule has 0 aromatic rings. The van der Waals surface area contributed by atoms with Crippen LogP contribution in [0.4, 0.5) is 0 Å². The molecule has 0 rings (SSSR count). The van der Waals surface area contributed by atoms with E-state index in [1.165, 1.54) is 25.9 Å². The zero-order valence-corrected chi connectivity index (χ0v) is 15.6. The average molecular weight is 328 g/mol. The Hall–Kier alpha value is 0.757. The van der Waals surface area contributed by atoms with E-state index in [1.807, 2.05) is 21.8 Å². The van der Waals surface area contributed by atoms with Crippen molar-refractivity contribution in [3.8, 4) is 0 Å². The first-order chi connectivity index (χ1) is 9.17. The predicted octanol–water partition coefficient (Wildman–Crippen LogP) is 3.67. The molecule has 0 saturated heterocycles. The van der Waals surface area contributed by atoms with Gasteiger partial charge >= 0.3 is 8.80 Å². The normalized spacial score (nSPS) is 12.3. The molecule has 0 bridgehead atoms. The van der Waals surface area contributed by atoms with Gasteiger partial charge in [-0.05, 0) is 30.2 Å². The van der Waals surface area contributed by atoms with Crippen LogP contribution < -0.4 is 0 Å². The van der Waals surface area contributed by atoms with E-state index in [2.05, 4.69) is 18.2 Å². The van der Waals surface area contributed by atoms with Crippen molar-refractivity contribution in [1.82, 2.24) is 4.31 Å². The van der Waals surface area contributed by atoms with E-state index >= 15 is 0 Å². The first-order valence-corrected chi connectivity index (χ1v) is 11.1. The third kappa shape index (κ3) is 8.59. The molecular weight excluding hydrogens is 298 g/mol. The third-order valence-corrected chi connectivity index (χ3v) is 8.17. The van der Waals surface area contributed by atoms with Crippen LogP contribution in [0, 0.1) is 0 Å². The van der Waals surface area contributed by atoms with Gasteiger partial charge in [0, 0.05) is 46.2 Å². The van der Waals surface area contributed by atoms with Gasteiger partial charge < -0.3 is 13.3 Å². The molecule has 0 aromatic heterocycles. The molecule has 0 radical (unpaired) electrons. The summed E-state index contributed by atoms with van der Waals surface area (Å²) in [6, 6.07) is 0.881. The first-order valence-electron chi connectivity index (χ1n) is 6.88. The minimum atomic E-state index is -2.36. The molecule has 0 amide bonds. The van der Waals surface area contributed by atoms with Crippen molar-refractivity contribution in [3.63, 3.8) is 0 Å². The highest BCUT2D eigenvalue weighted by Gasteiger charge is 2.36. The Morgan fingerprint density at radius 1 is 0.947 bits per heavy atom. The van der Waals surface area contributed by atoms with Gasteiger partial charge in [-0.3, -0.25) is 0 Å². The zero-order valence-electron chi connectivity index (χ0n) is 12.9. The maximum Gasteiger partial charge on any atom is 0.500 e. The summed E-state index contributed by atoms with van der Waals surface area (Å²) in [7, 11) is 6.45. The topological polar surface area (TPSA) is 30.9 Å². The number of hydrogen-bond acceptors (Lipinski definition) is 6. The Kier molecular flexibility index (Phi) is 13.0. The molecule has 0 N–H and O–H groups in total. The molecule has 0 heterocycles. The largest absolute Gasteiger partial charge is 0.500 e. The summed E-state index contributed by atoms with van der Waals surface area (Å²) in [6.45, 7) is 6.78. The lowest BCUT2D eigenvalue weighted by Gasteiger charge is -2.24. The van der Waals surface area contributed by atoms with Crippen molar-refractivity contribution in [2.75, 3.05) is 40.2 Å². The van der Waals surface area contributed by atoms with Gasteiger partial charge in [0.2, 0.25) is 0 Å². The Bertz CT molecular complexity index is 195. The molecule has 0 atom stereocenters. The highest BCUT2D eigenvalue weighted by Crippen LogP contribution is 2.28. The molecule has 19 heavy (non-hydrogen) atoms. The number of nitrogens with zero attached hydrogens (tertiary/aromatic N) is 1. The monoisotopic (exact) mass is 327 g/mol. The van der Waals surface area contributed by atoms with Crippen LogP contribution >= 0.6 is 21.8 Å². The van der Waals surface area contributed by atoms with Crippen LogP contribution in [0.1, 0.15) is 33.1 Å². The van der Waals surface area contributed by atoms with Crippen LogP contribution in [0.2, 0.25) is 6.04 Å². The maximum atomic E-state index is 5.41. The smallest absolute Gasteiger partial charge is 0.377 e. The molecule has 7 heteroatoms. The van der Waals surface area contributed by atoms with Crippen LogP contribution in [0.3, 0.4) is 0 Å². The summed E-state index contributed by atoms with van der Waals surface area (Å²) >= 11 is 0. The lowest BCUT2D eigenvalue weighted by atomic mass is 10.4. The zero-order chi connectivity index (χ0) is 14.6. The molecule has 0 spiro atoms. The first kappa shape index (κ1) is 19.8. The highest BCUT2D eigenvalue weighted by atomic mass is 33.1. The van der Waals surface area contributed by atoms with Gasteiger partial charge in [-0.2, -0.15) is 0 Å². The number of hydrogen-bond donors (Lipinski definition) is 0. The van der Waals surface area contributed by atoms with Gasteiger partial charge in [-0.1, -0.05) is 24.6 Å². The summed E-state index contributed by atoms with van der Waals surface area (Å²) in [6.07, 6.45) is 3.48. The standard InChI is InChI=1S/C12H29NO3S2Si/c1-6-9-13(10-7-2)18-17-11-8-12-19(14-3,15-4)16-5/h6-12H2,1-5H3. The summed E-state index contributed by atoms with van der Waals surface area (Å²) in [5.41, 5.74) is 0. The molecule has 0 aliphatic heterocycles. The van der Waals surface area contributed by atoms with Crippen LogP contribution in [0.25, 0.3) is 0 Å². The molecule has 4 nitrogen and oxygen atoms in total. The van der Waals surface area contributed by atoms with Crippen LogP contribution in [0.15, 0.2) is 0 Å². The Labute approximate surface area is 127 Å². The minimum absolute atomic E-state index is 0.881. The van der Waals surface area contributed by atoms with E-state index in [-0.39, 0.29) is 0 Å². The van der Waals surface area contributed by atoms with E-state index in [4.69, 9.17) is 13.3 Å². The fourth-order valence-electron chi connectivity index (χ4n) is 1.70. The van der Waals surface area contributed by atoms with Crippen molar-refractivity contribution in [2.45, 2.75) is 39.2 Å². The van der Waals surface area contributed by atoms with E-state index in [0.29, 0.717) is 0 Å². The van der Waals surface area contributed by atoms with E-state index in [1.54, 1.807) is 21.3 Å². The lowest BCUT2D eigenvalue weighted by molar-refractivity contribution is 0.123. The van der Waals surface area contributed by atoms with Gasteiger partial charge in [-0.25, -0.2) is 4.31 Å². The van der Waals surface area contributed by atoms with Gasteiger partial charge in [0.25, 0.3) is 0 Å². The molecular formula is C12H29NO3S2Si. The van der Waals surface area contributed by atoms with E-state index < -0.39 is 8.80 Å². The molecule has 0 saturated carbocycles. The van der Waals surface area contributed by atoms with Gasteiger partial charge in [-0.15, -0.1) is 0 Å². The van der Waals surface area contributed by atoms with E-state index in [9.17, 15) is 0 Å². The number of rotatable bonds is 13. The molecule has 0 unspecified atom stereocenters.